The van der Waals surface area contributed by atoms with Gasteiger partial charge in [0.2, 0.25) is 0 Å². The Morgan fingerprint density at radius 3 is 1.71 bits per heavy atom. The van der Waals surface area contributed by atoms with Gasteiger partial charge in [-0.25, -0.2) is 0 Å². The van der Waals surface area contributed by atoms with E-state index >= 15 is 0 Å². The molecule has 0 spiro atoms. The van der Waals surface area contributed by atoms with Crippen LogP contribution in [0.25, 0.3) is 0 Å². The van der Waals surface area contributed by atoms with E-state index < -0.39 is 0 Å². The third-order valence-corrected chi connectivity index (χ3v) is 1.54. The number of hydrogen-bond donors (Lipinski definition) is 2. The van der Waals surface area contributed by atoms with Gasteiger partial charge in [0.05, 0.1) is 19.6 Å². The predicted molar refractivity (Wildman–Crippen MR) is 65.2 cm³/mol. The Bertz CT molecular complexity index is 190. The molecule has 6 nitrogen and oxygen atoms in total. The fourth-order valence-corrected chi connectivity index (χ4v) is 0.831. The molecule has 0 aromatic carbocycles. The Hall–Kier alpha value is -1.14. The summed E-state index contributed by atoms with van der Waals surface area (Å²) < 4.78 is 9.21. The van der Waals surface area contributed by atoms with E-state index in [1.807, 2.05) is 0 Å². The maximum atomic E-state index is 10.5. The van der Waals surface area contributed by atoms with E-state index in [-0.39, 0.29) is 11.9 Å². The zero-order valence-corrected chi connectivity index (χ0v) is 10.7. The van der Waals surface area contributed by atoms with Crippen LogP contribution < -0.4 is 11.5 Å². The maximum Gasteiger partial charge on any atom is 0.307 e. The fraction of sp³-hybridized carbons (Fsp3) is 0.818. The second kappa shape index (κ2) is 14.9. The molecule has 0 saturated carbocycles. The van der Waals surface area contributed by atoms with Crippen LogP contribution in [0.3, 0.4) is 0 Å². The van der Waals surface area contributed by atoms with Crippen LogP contribution in [-0.2, 0) is 19.1 Å². The smallest absolute Gasteiger partial charge is 0.307 e. The molecule has 0 bridgehead atoms. The van der Waals surface area contributed by atoms with E-state index in [0.717, 1.165) is 6.42 Å². The number of ether oxygens (including phenoxy) is 2. The summed E-state index contributed by atoms with van der Waals surface area (Å²) in [7, 11) is 0. The maximum absolute atomic E-state index is 10.5. The zero-order chi connectivity index (χ0) is 13.5. The van der Waals surface area contributed by atoms with E-state index in [1.165, 1.54) is 0 Å². The van der Waals surface area contributed by atoms with Gasteiger partial charge in [-0.15, -0.1) is 0 Å². The summed E-state index contributed by atoms with van der Waals surface area (Å²) in [5.41, 5.74) is 10.2. The Kier molecular flexibility index (Phi) is 15.9. The van der Waals surface area contributed by atoms with Crippen molar-refractivity contribution < 1.29 is 19.1 Å². The molecule has 0 aromatic rings. The molecule has 0 aromatic heterocycles. The first kappa shape index (κ1) is 18.2. The van der Waals surface area contributed by atoms with Crippen molar-refractivity contribution in [2.75, 3.05) is 26.3 Å². The van der Waals surface area contributed by atoms with E-state index in [2.05, 4.69) is 9.47 Å². The van der Waals surface area contributed by atoms with E-state index in [4.69, 9.17) is 11.5 Å². The van der Waals surface area contributed by atoms with E-state index in [0.29, 0.717) is 39.1 Å². The average molecular weight is 248 g/mol. The molecule has 0 unspecified atom stereocenters. The van der Waals surface area contributed by atoms with Crippen LogP contribution in [0.15, 0.2) is 0 Å². The molecular weight excluding hydrogens is 224 g/mol. The number of carbonyl (C=O) groups excluding carboxylic acids is 2. The average Bonchev–Trinajstić information content (AvgIpc) is 2.28. The molecule has 0 rings (SSSR count). The van der Waals surface area contributed by atoms with Crippen LogP contribution in [-0.4, -0.2) is 38.2 Å². The van der Waals surface area contributed by atoms with Gasteiger partial charge in [-0.2, -0.15) is 0 Å². The van der Waals surface area contributed by atoms with Crippen molar-refractivity contribution in [3.63, 3.8) is 0 Å². The van der Waals surface area contributed by atoms with Crippen molar-refractivity contribution >= 4 is 11.9 Å². The van der Waals surface area contributed by atoms with Gasteiger partial charge < -0.3 is 20.9 Å². The van der Waals surface area contributed by atoms with Gasteiger partial charge in [0.15, 0.2) is 0 Å². The van der Waals surface area contributed by atoms with Gasteiger partial charge in [-0.1, -0.05) is 0 Å². The molecule has 0 saturated heterocycles. The fourth-order valence-electron chi connectivity index (χ4n) is 0.831. The van der Waals surface area contributed by atoms with Gasteiger partial charge in [0.25, 0.3) is 0 Å². The second-order valence-electron chi connectivity index (χ2n) is 3.04. The van der Waals surface area contributed by atoms with Crippen molar-refractivity contribution in [3.8, 4) is 0 Å². The minimum absolute atomic E-state index is 0.150. The standard InChI is InChI=1S/C6H13NO2.C5H11NO2/c1-2-9-6(8)4-3-5-7;1-2-8-5(7)3-4-6/h2-5,7H2,1H3;2-4,6H2,1H3. The van der Waals surface area contributed by atoms with Gasteiger partial charge in [-0.3, -0.25) is 9.59 Å². The summed E-state index contributed by atoms with van der Waals surface area (Å²) in [5.74, 6) is -0.363. The first-order chi connectivity index (χ1) is 8.12. The zero-order valence-electron chi connectivity index (χ0n) is 10.7. The Morgan fingerprint density at radius 2 is 1.35 bits per heavy atom. The number of hydrogen-bond acceptors (Lipinski definition) is 6. The summed E-state index contributed by atoms with van der Waals surface area (Å²) in [6, 6.07) is 0. The molecule has 0 amide bonds. The number of esters is 2. The lowest BCUT2D eigenvalue weighted by Gasteiger charge is -1.98. The SMILES string of the molecule is CCOC(=O)CCCN.CCOC(=O)CCN. The highest BCUT2D eigenvalue weighted by Crippen LogP contribution is 1.89. The molecule has 4 N–H and O–H groups in total. The molecule has 0 aliphatic rings. The molecule has 0 atom stereocenters. The van der Waals surface area contributed by atoms with Gasteiger partial charge in [-0.05, 0) is 26.8 Å². The highest BCUT2D eigenvalue weighted by atomic mass is 16.5. The van der Waals surface area contributed by atoms with E-state index in [9.17, 15) is 9.59 Å². The highest BCUT2D eigenvalue weighted by molar-refractivity contribution is 5.69. The largest absolute Gasteiger partial charge is 0.466 e. The lowest BCUT2D eigenvalue weighted by molar-refractivity contribution is -0.143. The first-order valence-electron chi connectivity index (χ1n) is 5.83. The van der Waals surface area contributed by atoms with Crippen LogP contribution in [0.1, 0.15) is 33.1 Å². The van der Waals surface area contributed by atoms with Crippen molar-refractivity contribution in [2.45, 2.75) is 33.1 Å². The third kappa shape index (κ3) is 17.5. The second-order valence-corrected chi connectivity index (χ2v) is 3.04. The van der Waals surface area contributed by atoms with Crippen LogP contribution >= 0.6 is 0 Å². The lowest BCUT2D eigenvalue weighted by Crippen LogP contribution is -2.10. The molecule has 0 heterocycles. The van der Waals surface area contributed by atoms with Crippen LogP contribution in [0.2, 0.25) is 0 Å². The van der Waals surface area contributed by atoms with Gasteiger partial charge in [0.1, 0.15) is 0 Å². The van der Waals surface area contributed by atoms with Crippen molar-refractivity contribution in [1.82, 2.24) is 0 Å². The lowest BCUT2D eigenvalue weighted by atomic mass is 10.3. The Balaban J connectivity index is 0. The quantitative estimate of drug-likeness (QED) is 0.623. The summed E-state index contributed by atoms with van der Waals surface area (Å²) in [6.45, 7) is 5.40. The predicted octanol–water partition coefficient (Wildman–Crippen LogP) is 0.187. The minimum Gasteiger partial charge on any atom is -0.466 e. The summed E-state index contributed by atoms with van der Waals surface area (Å²) in [6.07, 6.45) is 1.50. The van der Waals surface area contributed by atoms with Crippen LogP contribution in [0.5, 0.6) is 0 Å². The van der Waals surface area contributed by atoms with Gasteiger partial charge >= 0.3 is 11.9 Å². The molecular formula is C11H24N2O4. The molecule has 6 heteroatoms. The summed E-state index contributed by atoms with van der Waals surface area (Å²) in [5, 5.41) is 0. The number of carbonyl (C=O) groups is 2. The van der Waals surface area contributed by atoms with Crippen molar-refractivity contribution in [3.05, 3.63) is 0 Å². The van der Waals surface area contributed by atoms with Crippen LogP contribution in [0.4, 0.5) is 0 Å². The van der Waals surface area contributed by atoms with Crippen molar-refractivity contribution in [1.29, 1.82) is 0 Å². The monoisotopic (exact) mass is 248 g/mol. The van der Waals surface area contributed by atoms with Crippen LogP contribution in [0, 0.1) is 0 Å². The third-order valence-electron chi connectivity index (χ3n) is 1.54. The van der Waals surface area contributed by atoms with Gasteiger partial charge in [0, 0.05) is 13.0 Å². The molecule has 0 radical (unpaired) electrons. The molecule has 0 aliphatic heterocycles. The Morgan fingerprint density at radius 1 is 0.882 bits per heavy atom. The van der Waals surface area contributed by atoms with E-state index in [1.54, 1.807) is 13.8 Å². The molecule has 0 aliphatic carbocycles. The molecule has 17 heavy (non-hydrogen) atoms. The summed E-state index contributed by atoms with van der Waals surface area (Å²) >= 11 is 0. The number of rotatable bonds is 7. The number of nitrogens with two attached hydrogens (primary N) is 2. The first-order valence-corrected chi connectivity index (χ1v) is 5.83. The normalized spacial score (nSPS) is 8.94. The highest BCUT2D eigenvalue weighted by Gasteiger charge is 1.97. The topological polar surface area (TPSA) is 105 Å². The minimum atomic E-state index is -0.213. The van der Waals surface area contributed by atoms with Crippen molar-refractivity contribution in [2.24, 2.45) is 11.5 Å². The Labute approximate surface area is 103 Å². The molecule has 102 valence electrons. The summed E-state index contributed by atoms with van der Waals surface area (Å²) in [4.78, 5) is 20.9. The molecule has 0 fully saturated rings.